The van der Waals surface area contributed by atoms with E-state index in [2.05, 4.69) is 4.98 Å². The van der Waals surface area contributed by atoms with E-state index in [1.54, 1.807) is 0 Å². The second-order valence-electron chi connectivity index (χ2n) is 6.23. The molecule has 1 amide bonds. The number of ether oxygens (including phenoxy) is 1. The van der Waals surface area contributed by atoms with Crippen molar-refractivity contribution in [1.29, 1.82) is 0 Å². The summed E-state index contributed by atoms with van der Waals surface area (Å²) in [5, 5.41) is 11.6. The maximum atomic E-state index is 12.5. The standard InChI is InChI=1S/C17H26N2O4S/c1-3-23-12(2)17-18-14(11-24-17)9-15(20)19-8-4-5-13(10-19)6-7-16(21)22/h11-13H,3-10H2,1-2H3,(H,21,22)/t12-,13-/m0/s1. The van der Waals surface area contributed by atoms with Crippen molar-refractivity contribution < 1.29 is 19.4 Å². The summed E-state index contributed by atoms with van der Waals surface area (Å²) in [7, 11) is 0. The third-order valence-corrected chi connectivity index (χ3v) is 5.36. The molecule has 2 heterocycles. The van der Waals surface area contributed by atoms with Crippen molar-refractivity contribution in [1.82, 2.24) is 9.88 Å². The zero-order chi connectivity index (χ0) is 17.5. The molecule has 6 nitrogen and oxygen atoms in total. The number of carbonyl (C=O) groups is 2. The maximum absolute atomic E-state index is 12.5. The molecule has 24 heavy (non-hydrogen) atoms. The summed E-state index contributed by atoms with van der Waals surface area (Å²) in [6.07, 6.45) is 3.03. The van der Waals surface area contributed by atoms with Crippen molar-refractivity contribution in [3.63, 3.8) is 0 Å². The highest BCUT2D eigenvalue weighted by Crippen LogP contribution is 2.24. The summed E-state index contributed by atoms with van der Waals surface area (Å²) < 4.78 is 5.53. The van der Waals surface area contributed by atoms with Crippen LogP contribution in [0.15, 0.2) is 5.38 Å². The van der Waals surface area contributed by atoms with Crippen LogP contribution in [0, 0.1) is 5.92 Å². The van der Waals surface area contributed by atoms with E-state index in [0.29, 0.717) is 31.9 Å². The lowest BCUT2D eigenvalue weighted by atomic mass is 9.93. The summed E-state index contributed by atoms with van der Waals surface area (Å²) in [5.41, 5.74) is 0.791. The Labute approximate surface area is 146 Å². The number of carbonyl (C=O) groups excluding carboxylic acids is 1. The Kier molecular flexibility index (Phi) is 7.17. The molecule has 0 spiro atoms. The lowest BCUT2D eigenvalue weighted by molar-refractivity contribution is -0.137. The van der Waals surface area contributed by atoms with E-state index in [9.17, 15) is 9.59 Å². The molecule has 1 aromatic heterocycles. The number of hydrogen-bond donors (Lipinski definition) is 1. The summed E-state index contributed by atoms with van der Waals surface area (Å²) in [5.74, 6) is -0.393. The van der Waals surface area contributed by atoms with Gasteiger partial charge in [-0.25, -0.2) is 4.98 Å². The summed E-state index contributed by atoms with van der Waals surface area (Å²) in [6.45, 7) is 5.98. The fourth-order valence-electron chi connectivity index (χ4n) is 3.03. The molecular weight excluding hydrogens is 328 g/mol. The van der Waals surface area contributed by atoms with Gasteiger partial charge < -0.3 is 14.7 Å². The SMILES string of the molecule is CCO[C@@H](C)c1nc(CC(=O)N2CCC[C@@H](CCC(=O)O)C2)cs1. The minimum absolute atomic E-state index is 0.0424. The largest absolute Gasteiger partial charge is 0.481 e. The van der Waals surface area contributed by atoms with E-state index >= 15 is 0 Å². The maximum Gasteiger partial charge on any atom is 0.303 e. The molecule has 1 aliphatic heterocycles. The van der Waals surface area contributed by atoms with Gasteiger partial charge >= 0.3 is 5.97 Å². The summed E-state index contributed by atoms with van der Waals surface area (Å²) in [4.78, 5) is 29.6. The Morgan fingerprint density at radius 1 is 1.54 bits per heavy atom. The zero-order valence-corrected chi connectivity index (χ0v) is 15.2. The fourth-order valence-corrected chi connectivity index (χ4v) is 3.86. The first-order valence-electron chi connectivity index (χ1n) is 8.55. The average molecular weight is 354 g/mol. The van der Waals surface area contributed by atoms with Gasteiger partial charge in [-0.3, -0.25) is 9.59 Å². The molecule has 1 aromatic rings. The third-order valence-electron chi connectivity index (χ3n) is 4.30. The van der Waals surface area contributed by atoms with Crippen molar-refractivity contribution >= 4 is 23.2 Å². The highest BCUT2D eigenvalue weighted by molar-refractivity contribution is 7.09. The smallest absolute Gasteiger partial charge is 0.303 e. The number of carboxylic acid groups (broad SMARTS) is 1. The van der Waals surface area contributed by atoms with Crippen molar-refractivity contribution in [2.75, 3.05) is 19.7 Å². The van der Waals surface area contributed by atoms with Crippen LogP contribution < -0.4 is 0 Å². The normalized spacial score (nSPS) is 19.2. The highest BCUT2D eigenvalue weighted by atomic mass is 32.1. The van der Waals surface area contributed by atoms with Crippen molar-refractivity contribution in [3.8, 4) is 0 Å². The lowest BCUT2D eigenvalue weighted by Gasteiger charge is -2.32. The Balaban J connectivity index is 1.86. The number of carboxylic acids is 1. The second kappa shape index (κ2) is 9.13. The van der Waals surface area contributed by atoms with E-state index in [4.69, 9.17) is 9.84 Å². The molecule has 1 aliphatic rings. The molecule has 0 saturated carbocycles. The van der Waals surface area contributed by atoms with E-state index in [1.807, 2.05) is 24.1 Å². The molecule has 0 aliphatic carbocycles. The molecule has 0 unspecified atom stereocenters. The second-order valence-corrected chi connectivity index (χ2v) is 7.12. The van der Waals surface area contributed by atoms with Gasteiger partial charge in [0.2, 0.25) is 5.91 Å². The molecule has 2 atom stereocenters. The number of amides is 1. The van der Waals surface area contributed by atoms with Crippen molar-refractivity contribution in [2.24, 2.45) is 5.92 Å². The van der Waals surface area contributed by atoms with E-state index < -0.39 is 5.97 Å². The number of aromatic nitrogens is 1. The number of likely N-dealkylation sites (tertiary alicyclic amines) is 1. The van der Waals surface area contributed by atoms with Gasteiger partial charge in [0.15, 0.2) is 0 Å². The Morgan fingerprint density at radius 2 is 2.33 bits per heavy atom. The molecule has 134 valence electrons. The van der Waals surface area contributed by atoms with Gasteiger partial charge in [-0.2, -0.15) is 0 Å². The van der Waals surface area contributed by atoms with Crippen LogP contribution in [0.4, 0.5) is 0 Å². The Morgan fingerprint density at radius 3 is 3.04 bits per heavy atom. The molecule has 0 aromatic carbocycles. The van der Waals surface area contributed by atoms with Crippen LogP contribution in [-0.2, 0) is 20.7 Å². The van der Waals surface area contributed by atoms with Crippen molar-refractivity contribution in [3.05, 3.63) is 16.1 Å². The predicted molar refractivity (Wildman–Crippen MR) is 92.0 cm³/mol. The van der Waals surface area contributed by atoms with Gasteiger partial charge in [-0.15, -0.1) is 11.3 Å². The first kappa shape index (κ1) is 18.9. The van der Waals surface area contributed by atoms with Gasteiger partial charge in [-0.1, -0.05) is 0 Å². The summed E-state index contributed by atoms with van der Waals surface area (Å²) in [6, 6.07) is 0. The number of piperidine rings is 1. The monoisotopic (exact) mass is 354 g/mol. The minimum Gasteiger partial charge on any atom is -0.481 e. The lowest BCUT2D eigenvalue weighted by Crippen LogP contribution is -2.40. The Bertz CT molecular complexity index is 561. The molecule has 7 heteroatoms. The highest BCUT2D eigenvalue weighted by Gasteiger charge is 2.24. The van der Waals surface area contributed by atoms with Crippen LogP contribution in [0.1, 0.15) is 56.3 Å². The molecule has 1 fully saturated rings. The molecule has 0 radical (unpaired) electrons. The minimum atomic E-state index is -0.767. The Hall–Kier alpha value is -1.47. The summed E-state index contributed by atoms with van der Waals surface area (Å²) >= 11 is 1.53. The number of aliphatic carboxylic acids is 1. The first-order chi connectivity index (χ1) is 11.5. The zero-order valence-electron chi connectivity index (χ0n) is 14.4. The van der Waals surface area contributed by atoms with E-state index in [1.165, 1.54) is 11.3 Å². The van der Waals surface area contributed by atoms with Gasteiger partial charge in [0.05, 0.1) is 12.1 Å². The number of thiazole rings is 1. The van der Waals surface area contributed by atoms with E-state index in [0.717, 1.165) is 30.1 Å². The fraction of sp³-hybridized carbons (Fsp3) is 0.706. The average Bonchev–Trinajstić information content (AvgIpc) is 3.02. The molecule has 1 saturated heterocycles. The quantitative estimate of drug-likeness (QED) is 0.776. The predicted octanol–water partition coefficient (Wildman–Crippen LogP) is 2.89. The van der Waals surface area contributed by atoms with Crippen molar-refractivity contribution in [2.45, 2.75) is 52.1 Å². The van der Waals surface area contributed by atoms with Crippen LogP contribution in [0.2, 0.25) is 0 Å². The van der Waals surface area contributed by atoms with Gasteiger partial charge in [0, 0.05) is 31.5 Å². The molecular formula is C17H26N2O4S. The number of nitrogens with zero attached hydrogens (tertiary/aromatic N) is 2. The number of rotatable bonds is 8. The van der Waals surface area contributed by atoms with Crippen LogP contribution >= 0.6 is 11.3 Å². The van der Waals surface area contributed by atoms with Crippen LogP contribution in [0.5, 0.6) is 0 Å². The van der Waals surface area contributed by atoms with Crippen LogP contribution in [0.25, 0.3) is 0 Å². The molecule has 2 rings (SSSR count). The molecule has 0 bridgehead atoms. The van der Waals surface area contributed by atoms with E-state index in [-0.39, 0.29) is 18.4 Å². The van der Waals surface area contributed by atoms with Gasteiger partial charge in [0.1, 0.15) is 11.1 Å². The third kappa shape index (κ3) is 5.56. The molecule has 1 N–H and O–H groups in total. The van der Waals surface area contributed by atoms with Crippen LogP contribution in [0.3, 0.4) is 0 Å². The van der Waals surface area contributed by atoms with Gasteiger partial charge in [-0.05, 0) is 39.0 Å². The number of hydrogen-bond acceptors (Lipinski definition) is 5. The topological polar surface area (TPSA) is 79.7 Å². The van der Waals surface area contributed by atoms with Crippen LogP contribution in [-0.4, -0.2) is 46.6 Å². The first-order valence-corrected chi connectivity index (χ1v) is 9.43. The van der Waals surface area contributed by atoms with Gasteiger partial charge in [0.25, 0.3) is 0 Å².